The lowest BCUT2D eigenvalue weighted by atomic mass is 10.00. The summed E-state index contributed by atoms with van der Waals surface area (Å²) in [5.74, 6) is 0.354. The molecule has 0 saturated carbocycles. The summed E-state index contributed by atoms with van der Waals surface area (Å²) in [6, 6.07) is 22.1. The number of para-hydroxylation sites is 1. The van der Waals surface area contributed by atoms with E-state index in [0.717, 1.165) is 16.8 Å². The van der Waals surface area contributed by atoms with Gasteiger partial charge in [-0.25, -0.2) is 4.79 Å². The van der Waals surface area contributed by atoms with Crippen molar-refractivity contribution in [1.29, 1.82) is 0 Å². The Kier molecular flexibility index (Phi) is 5.03. The highest BCUT2D eigenvalue weighted by molar-refractivity contribution is 5.91. The van der Waals surface area contributed by atoms with Crippen molar-refractivity contribution in [2.75, 3.05) is 5.32 Å². The largest absolute Gasteiger partial charge is 0.331 e. The Balaban J connectivity index is 1.77. The molecule has 2 amide bonds. The van der Waals surface area contributed by atoms with Gasteiger partial charge in [-0.2, -0.15) is 0 Å². The summed E-state index contributed by atoms with van der Waals surface area (Å²) in [5.41, 5.74) is 3.11. The van der Waals surface area contributed by atoms with Gasteiger partial charge in [0.25, 0.3) is 0 Å². The molecule has 0 radical (unpaired) electrons. The van der Waals surface area contributed by atoms with Crippen LogP contribution in [0.4, 0.5) is 10.5 Å². The number of rotatable bonds is 4. The summed E-state index contributed by atoms with van der Waals surface area (Å²) in [4.78, 5) is 12.5. The van der Waals surface area contributed by atoms with Crippen LogP contribution in [0.15, 0.2) is 66.7 Å². The molecule has 0 saturated heterocycles. The second-order valence-corrected chi connectivity index (χ2v) is 6.63. The van der Waals surface area contributed by atoms with Gasteiger partial charge in [-0.15, -0.1) is 0 Å². The predicted octanol–water partition coefficient (Wildman–Crippen LogP) is 5.85. The average molecular weight is 333 g/mol. The Hall–Kier alpha value is -2.81. The van der Waals surface area contributed by atoms with Crippen molar-refractivity contribution in [3.05, 3.63) is 77.9 Å². The van der Waals surface area contributed by atoms with Gasteiger partial charge in [0.1, 0.15) is 0 Å². The molecule has 3 rings (SSSR count). The molecular formula is C22H24N2O. The van der Waals surface area contributed by atoms with Crippen LogP contribution >= 0.6 is 0 Å². The monoisotopic (exact) mass is 333 g/mol. The van der Waals surface area contributed by atoms with Crippen molar-refractivity contribution < 1.29 is 4.79 Å². The second-order valence-electron chi connectivity index (χ2n) is 6.63. The number of carbonyl (C=O) groups is 1. The van der Waals surface area contributed by atoms with Crippen LogP contribution in [0.2, 0.25) is 0 Å². The minimum atomic E-state index is -0.187. The first-order valence-electron chi connectivity index (χ1n) is 8.70. The van der Waals surface area contributed by atoms with Gasteiger partial charge in [0.15, 0.2) is 0 Å². The van der Waals surface area contributed by atoms with Crippen molar-refractivity contribution in [3.63, 3.8) is 0 Å². The molecule has 3 aromatic carbocycles. The van der Waals surface area contributed by atoms with E-state index in [-0.39, 0.29) is 12.1 Å². The maximum absolute atomic E-state index is 12.5. The average Bonchev–Trinajstić information content (AvgIpc) is 2.61. The van der Waals surface area contributed by atoms with Crippen LogP contribution < -0.4 is 10.6 Å². The lowest BCUT2D eigenvalue weighted by Crippen LogP contribution is -2.31. The number of anilines is 1. The predicted molar refractivity (Wildman–Crippen MR) is 105 cm³/mol. The van der Waals surface area contributed by atoms with Gasteiger partial charge in [-0.05, 0) is 40.8 Å². The summed E-state index contributed by atoms with van der Waals surface area (Å²) < 4.78 is 0. The van der Waals surface area contributed by atoms with E-state index in [9.17, 15) is 4.79 Å². The van der Waals surface area contributed by atoms with Crippen LogP contribution in [0, 0.1) is 0 Å². The van der Waals surface area contributed by atoms with Crippen molar-refractivity contribution in [2.24, 2.45) is 0 Å². The fourth-order valence-corrected chi connectivity index (χ4v) is 3.18. The molecule has 3 aromatic rings. The zero-order valence-electron chi connectivity index (χ0n) is 14.9. The van der Waals surface area contributed by atoms with Gasteiger partial charge >= 0.3 is 6.03 Å². The second kappa shape index (κ2) is 7.39. The molecule has 0 unspecified atom stereocenters. The van der Waals surface area contributed by atoms with Gasteiger partial charge in [-0.3, -0.25) is 0 Å². The van der Waals surface area contributed by atoms with Crippen LogP contribution in [0.1, 0.15) is 43.9 Å². The highest BCUT2D eigenvalue weighted by Crippen LogP contribution is 2.25. The molecule has 0 aliphatic rings. The normalized spacial score (nSPS) is 13.2. The number of amides is 2. The van der Waals surface area contributed by atoms with Gasteiger partial charge in [-0.1, -0.05) is 74.5 Å². The van der Waals surface area contributed by atoms with Crippen LogP contribution in [-0.4, -0.2) is 6.03 Å². The Bertz CT molecular complexity index is 881. The minimum Gasteiger partial charge on any atom is -0.331 e. The topological polar surface area (TPSA) is 41.1 Å². The van der Waals surface area contributed by atoms with Crippen molar-refractivity contribution in [1.82, 2.24) is 5.32 Å². The molecule has 128 valence electrons. The van der Waals surface area contributed by atoms with Crippen LogP contribution in [-0.2, 0) is 0 Å². The van der Waals surface area contributed by atoms with E-state index in [1.54, 1.807) is 0 Å². The van der Waals surface area contributed by atoms with Crippen molar-refractivity contribution >= 4 is 22.5 Å². The van der Waals surface area contributed by atoms with Crippen LogP contribution in [0.25, 0.3) is 10.8 Å². The van der Waals surface area contributed by atoms with E-state index in [4.69, 9.17) is 0 Å². The molecule has 0 aliphatic heterocycles. The highest BCUT2D eigenvalue weighted by Gasteiger charge is 2.14. The lowest BCUT2D eigenvalue weighted by Gasteiger charge is -2.19. The van der Waals surface area contributed by atoms with E-state index in [2.05, 4.69) is 54.8 Å². The fraction of sp³-hybridized carbons (Fsp3) is 0.227. The standard InChI is InChI=1S/C22H24N2O/c1-15(2)18-11-6-7-14-21(18)24-22(25)23-16(3)19-13-8-10-17-9-4-5-12-20(17)19/h4-16H,1-3H3,(H2,23,24,25)/t16-/m1/s1/i1+1/t15-,16-. The van der Waals surface area contributed by atoms with Crippen molar-refractivity contribution in [3.8, 4) is 0 Å². The third-order valence-electron chi connectivity index (χ3n) is 4.47. The van der Waals surface area contributed by atoms with E-state index in [1.807, 2.05) is 43.3 Å². The molecule has 3 nitrogen and oxygen atoms in total. The molecule has 25 heavy (non-hydrogen) atoms. The maximum Gasteiger partial charge on any atom is 0.319 e. The smallest absolute Gasteiger partial charge is 0.319 e. The maximum atomic E-state index is 12.5. The Labute approximate surface area is 149 Å². The third-order valence-corrected chi connectivity index (χ3v) is 4.47. The van der Waals surface area contributed by atoms with E-state index >= 15 is 0 Å². The van der Waals surface area contributed by atoms with Gasteiger partial charge < -0.3 is 10.6 Å². The Morgan fingerprint density at radius 2 is 1.44 bits per heavy atom. The van der Waals surface area contributed by atoms with Gasteiger partial charge in [0.2, 0.25) is 0 Å². The first-order chi connectivity index (χ1) is 12.1. The Morgan fingerprint density at radius 3 is 2.24 bits per heavy atom. The summed E-state index contributed by atoms with van der Waals surface area (Å²) in [7, 11) is 0. The van der Waals surface area contributed by atoms with Crippen LogP contribution in [0.3, 0.4) is 0 Å². The molecule has 0 spiro atoms. The molecular weight excluding hydrogens is 309 g/mol. The fourth-order valence-electron chi connectivity index (χ4n) is 3.18. The van der Waals surface area contributed by atoms with E-state index < -0.39 is 0 Å². The van der Waals surface area contributed by atoms with Gasteiger partial charge in [0.05, 0.1) is 6.04 Å². The van der Waals surface area contributed by atoms with E-state index in [0.29, 0.717) is 5.92 Å². The summed E-state index contributed by atoms with van der Waals surface area (Å²) >= 11 is 0. The number of fused-ring (bicyclic) bond motifs is 1. The highest BCUT2D eigenvalue weighted by atomic mass is 16.2. The first-order valence-corrected chi connectivity index (χ1v) is 8.70. The first kappa shape index (κ1) is 17.0. The number of carbonyl (C=O) groups excluding carboxylic acids is 1. The summed E-state index contributed by atoms with van der Waals surface area (Å²) in [6.07, 6.45) is 0. The number of hydrogen-bond donors (Lipinski definition) is 2. The van der Waals surface area contributed by atoms with Crippen molar-refractivity contribution in [2.45, 2.75) is 32.7 Å². The SMILES string of the molecule is C[C@@H]([13CH3])c1ccccc1NC(=O)N[C@H](C)c1cccc2ccccc12. The zero-order chi connectivity index (χ0) is 17.8. The number of urea groups is 1. The Morgan fingerprint density at radius 1 is 0.800 bits per heavy atom. The lowest BCUT2D eigenvalue weighted by molar-refractivity contribution is 0.249. The molecule has 2 atom stereocenters. The summed E-state index contributed by atoms with van der Waals surface area (Å²) in [5, 5.41) is 8.39. The number of benzene rings is 3. The molecule has 2 N–H and O–H groups in total. The molecule has 3 heteroatoms. The molecule has 0 aliphatic carbocycles. The van der Waals surface area contributed by atoms with E-state index in [1.165, 1.54) is 10.8 Å². The molecule has 0 heterocycles. The quantitative estimate of drug-likeness (QED) is 0.578. The molecule has 0 bridgehead atoms. The molecule has 0 aromatic heterocycles. The zero-order valence-corrected chi connectivity index (χ0v) is 14.9. The minimum absolute atomic E-state index is 0.0858. The number of nitrogens with one attached hydrogen (secondary N) is 2. The van der Waals surface area contributed by atoms with Gasteiger partial charge in [0, 0.05) is 5.69 Å². The number of hydrogen-bond acceptors (Lipinski definition) is 1. The van der Waals surface area contributed by atoms with Crippen LogP contribution in [0.5, 0.6) is 0 Å². The summed E-state index contributed by atoms with van der Waals surface area (Å²) in [6.45, 7) is 6.25. The molecule has 0 fully saturated rings. The third kappa shape index (κ3) is 3.82.